The van der Waals surface area contributed by atoms with Crippen LogP contribution in [-0.4, -0.2) is 28.7 Å². The van der Waals surface area contributed by atoms with Gasteiger partial charge in [-0.05, 0) is 49.2 Å². The maximum atomic E-state index is 13.3. The van der Waals surface area contributed by atoms with Gasteiger partial charge in [-0.3, -0.25) is 0 Å². The van der Waals surface area contributed by atoms with Crippen LogP contribution < -0.4 is 14.2 Å². The Hall–Kier alpha value is -2.12. The molecule has 0 atom stereocenters. The molecular weight excluding hydrogens is 333 g/mol. The van der Waals surface area contributed by atoms with E-state index in [0.29, 0.717) is 5.75 Å². The van der Waals surface area contributed by atoms with Crippen molar-refractivity contribution in [3.63, 3.8) is 0 Å². The molecule has 0 radical (unpaired) electrons. The van der Waals surface area contributed by atoms with E-state index < -0.39 is 15.8 Å². The summed E-state index contributed by atoms with van der Waals surface area (Å²) >= 11 is 0. The van der Waals surface area contributed by atoms with Crippen molar-refractivity contribution in [2.45, 2.75) is 18.7 Å². The summed E-state index contributed by atoms with van der Waals surface area (Å²) in [6.45, 7) is 4.12. The van der Waals surface area contributed by atoms with Crippen molar-refractivity contribution in [1.29, 1.82) is 0 Å². The SMILES string of the molecule is COc1ccc(F)cc1S(=O)(=O)NCCOc1cccc(C)c1C. The van der Waals surface area contributed by atoms with Crippen LogP contribution in [0.5, 0.6) is 11.5 Å². The van der Waals surface area contributed by atoms with Crippen molar-refractivity contribution in [1.82, 2.24) is 4.72 Å². The Morgan fingerprint density at radius 1 is 1.12 bits per heavy atom. The van der Waals surface area contributed by atoms with Crippen LogP contribution in [0.4, 0.5) is 4.39 Å². The van der Waals surface area contributed by atoms with Crippen molar-refractivity contribution in [2.75, 3.05) is 20.3 Å². The van der Waals surface area contributed by atoms with Crippen molar-refractivity contribution in [3.05, 3.63) is 53.3 Å². The highest BCUT2D eigenvalue weighted by Gasteiger charge is 2.20. The standard InChI is InChI=1S/C17H20FNO4S/c1-12-5-4-6-15(13(12)2)23-10-9-19-24(20,21)17-11-14(18)7-8-16(17)22-3/h4-8,11,19H,9-10H2,1-3H3. The number of hydrogen-bond acceptors (Lipinski definition) is 4. The van der Waals surface area contributed by atoms with Gasteiger partial charge >= 0.3 is 0 Å². The topological polar surface area (TPSA) is 64.6 Å². The molecule has 0 saturated carbocycles. The second-order valence-corrected chi connectivity index (χ2v) is 6.97. The van der Waals surface area contributed by atoms with Gasteiger partial charge in [0.25, 0.3) is 0 Å². The first kappa shape index (κ1) is 18.2. The number of sulfonamides is 1. The van der Waals surface area contributed by atoms with Crippen molar-refractivity contribution < 1.29 is 22.3 Å². The Morgan fingerprint density at radius 2 is 1.88 bits per heavy atom. The normalized spacial score (nSPS) is 11.3. The molecule has 24 heavy (non-hydrogen) atoms. The first-order valence-electron chi connectivity index (χ1n) is 7.37. The Labute approximate surface area is 141 Å². The average molecular weight is 353 g/mol. The quantitative estimate of drug-likeness (QED) is 0.778. The Bertz CT molecular complexity index is 821. The van der Waals surface area contributed by atoms with E-state index in [1.807, 2.05) is 32.0 Å². The average Bonchev–Trinajstić information content (AvgIpc) is 2.55. The van der Waals surface area contributed by atoms with E-state index in [1.165, 1.54) is 13.2 Å². The summed E-state index contributed by atoms with van der Waals surface area (Å²) in [5.74, 6) is 0.139. The number of ether oxygens (including phenoxy) is 2. The number of rotatable bonds is 7. The van der Waals surface area contributed by atoms with Crippen LogP contribution in [0.15, 0.2) is 41.3 Å². The summed E-state index contributed by atoms with van der Waals surface area (Å²) in [5.41, 5.74) is 2.10. The van der Waals surface area contributed by atoms with Crippen LogP contribution in [0, 0.1) is 19.7 Å². The lowest BCUT2D eigenvalue weighted by molar-refractivity contribution is 0.320. The highest BCUT2D eigenvalue weighted by molar-refractivity contribution is 7.89. The molecule has 0 unspecified atom stereocenters. The van der Waals surface area contributed by atoms with E-state index in [9.17, 15) is 12.8 Å². The summed E-state index contributed by atoms with van der Waals surface area (Å²) in [4.78, 5) is -0.239. The van der Waals surface area contributed by atoms with Gasteiger partial charge in [-0.2, -0.15) is 0 Å². The second kappa shape index (κ2) is 7.63. The van der Waals surface area contributed by atoms with Gasteiger partial charge in [0.2, 0.25) is 10.0 Å². The smallest absolute Gasteiger partial charge is 0.244 e. The minimum Gasteiger partial charge on any atom is -0.495 e. The number of halogens is 1. The Kier molecular flexibility index (Phi) is 5.80. The van der Waals surface area contributed by atoms with Gasteiger partial charge in [-0.15, -0.1) is 0 Å². The third-order valence-electron chi connectivity index (χ3n) is 3.62. The molecule has 0 aromatic heterocycles. The largest absolute Gasteiger partial charge is 0.495 e. The number of methoxy groups -OCH3 is 1. The molecule has 130 valence electrons. The molecule has 0 aliphatic heterocycles. The van der Waals surface area contributed by atoms with Gasteiger partial charge in [-0.25, -0.2) is 17.5 Å². The molecule has 7 heteroatoms. The zero-order chi connectivity index (χ0) is 17.7. The predicted octanol–water partition coefficient (Wildman–Crippen LogP) is 2.81. The van der Waals surface area contributed by atoms with Gasteiger partial charge in [0.05, 0.1) is 7.11 Å². The fourth-order valence-electron chi connectivity index (χ4n) is 2.16. The summed E-state index contributed by atoms with van der Waals surface area (Å²) in [7, 11) is -2.56. The van der Waals surface area contributed by atoms with E-state index in [-0.39, 0.29) is 23.8 Å². The third-order valence-corrected chi connectivity index (χ3v) is 5.10. The summed E-state index contributed by atoms with van der Waals surface area (Å²) in [6, 6.07) is 9.01. The van der Waals surface area contributed by atoms with Crippen molar-refractivity contribution >= 4 is 10.0 Å². The first-order valence-corrected chi connectivity index (χ1v) is 8.85. The number of nitrogens with one attached hydrogen (secondary N) is 1. The molecule has 0 amide bonds. The monoisotopic (exact) mass is 353 g/mol. The fourth-order valence-corrected chi connectivity index (χ4v) is 3.35. The first-order chi connectivity index (χ1) is 11.3. The van der Waals surface area contributed by atoms with E-state index >= 15 is 0 Å². The lowest BCUT2D eigenvalue weighted by Crippen LogP contribution is -2.28. The number of aryl methyl sites for hydroxylation is 1. The minimum absolute atomic E-state index is 0.0510. The second-order valence-electron chi connectivity index (χ2n) is 5.24. The van der Waals surface area contributed by atoms with Gasteiger partial charge in [-0.1, -0.05) is 12.1 Å². The highest BCUT2D eigenvalue weighted by atomic mass is 32.2. The van der Waals surface area contributed by atoms with Crippen molar-refractivity contribution in [3.8, 4) is 11.5 Å². The molecule has 0 bridgehead atoms. The lowest BCUT2D eigenvalue weighted by Gasteiger charge is -2.13. The Morgan fingerprint density at radius 3 is 2.58 bits per heavy atom. The fraction of sp³-hybridized carbons (Fsp3) is 0.294. The number of hydrogen-bond donors (Lipinski definition) is 1. The van der Waals surface area contributed by atoms with E-state index in [4.69, 9.17) is 9.47 Å². The molecule has 2 rings (SSSR count). The van der Waals surface area contributed by atoms with Crippen LogP contribution in [-0.2, 0) is 10.0 Å². The maximum absolute atomic E-state index is 13.3. The van der Waals surface area contributed by atoms with Crippen molar-refractivity contribution in [2.24, 2.45) is 0 Å². The third kappa shape index (κ3) is 4.24. The molecule has 0 fully saturated rings. The van der Waals surface area contributed by atoms with Gasteiger partial charge in [0.15, 0.2) is 0 Å². The number of benzene rings is 2. The molecule has 2 aromatic carbocycles. The molecule has 0 aliphatic carbocycles. The van der Waals surface area contributed by atoms with Crippen LogP contribution in [0.2, 0.25) is 0 Å². The van der Waals surface area contributed by atoms with Gasteiger partial charge in [0.1, 0.15) is 28.8 Å². The lowest BCUT2D eigenvalue weighted by atomic mass is 10.1. The summed E-state index contributed by atoms with van der Waals surface area (Å²) in [6.07, 6.45) is 0. The summed E-state index contributed by atoms with van der Waals surface area (Å²) in [5, 5.41) is 0. The van der Waals surface area contributed by atoms with E-state index in [2.05, 4.69) is 4.72 Å². The zero-order valence-electron chi connectivity index (χ0n) is 13.8. The molecule has 0 saturated heterocycles. The minimum atomic E-state index is -3.89. The van der Waals surface area contributed by atoms with Crippen LogP contribution >= 0.6 is 0 Å². The highest BCUT2D eigenvalue weighted by Crippen LogP contribution is 2.24. The molecule has 5 nitrogen and oxygen atoms in total. The van der Waals surface area contributed by atoms with Crippen LogP contribution in [0.1, 0.15) is 11.1 Å². The molecule has 0 spiro atoms. The molecule has 2 aromatic rings. The maximum Gasteiger partial charge on any atom is 0.244 e. The summed E-state index contributed by atoms with van der Waals surface area (Å²) < 4.78 is 50.9. The Balaban J connectivity index is 2.01. The predicted molar refractivity (Wildman–Crippen MR) is 89.6 cm³/mol. The van der Waals surface area contributed by atoms with Gasteiger partial charge < -0.3 is 9.47 Å². The van der Waals surface area contributed by atoms with Crippen LogP contribution in [0.3, 0.4) is 0 Å². The van der Waals surface area contributed by atoms with Gasteiger partial charge in [0, 0.05) is 6.54 Å². The van der Waals surface area contributed by atoms with E-state index in [1.54, 1.807) is 0 Å². The molecular formula is C17H20FNO4S. The van der Waals surface area contributed by atoms with Crippen LogP contribution in [0.25, 0.3) is 0 Å². The molecule has 0 heterocycles. The molecule has 0 aliphatic rings. The molecule has 1 N–H and O–H groups in total. The van der Waals surface area contributed by atoms with E-state index in [0.717, 1.165) is 23.3 Å². The zero-order valence-corrected chi connectivity index (χ0v) is 14.6.